The summed E-state index contributed by atoms with van der Waals surface area (Å²) in [6.45, 7) is 10.4. The maximum atomic E-state index is 4.27. The topological polar surface area (TPSA) is 39.7 Å². The Morgan fingerprint density at radius 2 is 2.10 bits per heavy atom. The lowest BCUT2D eigenvalue weighted by Crippen LogP contribution is -2.42. The van der Waals surface area contributed by atoms with E-state index in [1.807, 2.05) is 7.05 Å². The van der Waals surface area contributed by atoms with Crippen molar-refractivity contribution in [3.05, 3.63) is 35.4 Å². The lowest BCUT2D eigenvalue weighted by Gasteiger charge is -2.18. The van der Waals surface area contributed by atoms with Crippen LogP contribution in [0.2, 0.25) is 0 Å². The molecular weight excluding hydrogens is 260 g/mol. The Morgan fingerprint density at radius 3 is 2.71 bits per heavy atom. The van der Waals surface area contributed by atoms with E-state index in [9.17, 15) is 0 Å². The van der Waals surface area contributed by atoms with Crippen LogP contribution in [0.25, 0.3) is 0 Å². The van der Waals surface area contributed by atoms with Crippen molar-refractivity contribution in [3.63, 3.8) is 0 Å². The molecule has 118 valence electrons. The molecule has 0 radical (unpaired) electrons. The number of nitrogens with zero attached hydrogens (tertiary/aromatic N) is 2. The van der Waals surface area contributed by atoms with Crippen LogP contribution in [0.4, 0.5) is 0 Å². The lowest BCUT2D eigenvalue weighted by atomic mass is 9.99. The fourth-order valence-corrected chi connectivity index (χ4v) is 2.09. The van der Waals surface area contributed by atoms with Gasteiger partial charge in [0, 0.05) is 26.7 Å². The number of hydrogen-bond donors (Lipinski definition) is 2. The summed E-state index contributed by atoms with van der Waals surface area (Å²) in [4.78, 5) is 6.54. The standard InChI is InChI=1S/C17H30N4/c1-6-21(5)11-10-19-17(18-4)20-13-15(3)16-9-7-8-14(2)12-16/h7-9,12,15H,6,10-11,13H2,1-5H3,(H2,18,19,20). The second-order valence-corrected chi connectivity index (χ2v) is 5.59. The van der Waals surface area contributed by atoms with Gasteiger partial charge >= 0.3 is 0 Å². The van der Waals surface area contributed by atoms with E-state index in [0.29, 0.717) is 5.92 Å². The summed E-state index contributed by atoms with van der Waals surface area (Å²) in [6, 6.07) is 8.69. The van der Waals surface area contributed by atoms with Crippen LogP contribution in [0.5, 0.6) is 0 Å². The molecule has 0 bridgehead atoms. The van der Waals surface area contributed by atoms with Gasteiger partial charge in [0.1, 0.15) is 0 Å². The molecule has 0 spiro atoms. The average Bonchev–Trinajstić information content (AvgIpc) is 2.49. The predicted octanol–water partition coefficient (Wildman–Crippen LogP) is 2.22. The monoisotopic (exact) mass is 290 g/mol. The Hall–Kier alpha value is -1.55. The first-order chi connectivity index (χ1) is 10.1. The van der Waals surface area contributed by atoms with Crippen molar-refractivity contribution in [2.24, 2.45) is 4.99 Å². The second kappa shape index (κ2) is 9.40. The summed E-state index contributed by atoms with van der Waals surface area (Å²) >= 11 is 0. The van der Waals surface area contributed by atoms with E-state index in [0.717, 1.165) is 32.1 Å². The molecule has 1 atom stereocenters. The molecule has 0 aliphatic heterocycles. The van der Waals surface area contributed by atoms with Gasteiger partial charge in [-0.15, -0.1) is 0 Å². The number of aliphatic imine (C=N–C) groups is 1. The number of benzene rings is 1. The van der Waals surface area contributed by atoms with E-state index in [4.69, 9.17) is 0 Å². The van der Waals surface area contributed by atoms with E-state index in [1.54, 1.807) is 0 Å². The fraction of sp³-hybridized carbons (Fsp3) is 0.588. The molecule has 0 aliphatic rings. The van der Waals surface area contributed by atoms with Crippen molar-refractivity contribution in [3.8, 4) is 0 Å². The minimum atomic E-state index is 0.460. The molecule has 1 aromatic rings. The third-order valence-electron chi connectivity index (χ3n) is 3.74. The molecule has 1 rings (SSSR count). The Morgan fingerprint density at radius 1 is 1.33 bits per heavy atom. The smallest absolute Gasteiger partial charge is 0.191 e. The summed E-state index contributed by atoms with van der Waals surface area (Å²) in [6.07, 6.45) is 0. The Kier molecular flexibility index (Phi) is 7.83. The van der Waals surface area contributed by atoms with Crippen LogP contribution < -0.4 is 10.6 Å². The number of nitrogens with one attached hydrogen (secondary N) is 2. The number of aryl methyl sites for hydroxylation is 1. The Labute approximate surface area is 129 Å². The van der Waals surface area contributed by atoms with Gasteiger partial charge < -0.3 is 15.5 Å². The number of likely N-dealkylation sites (N-methyl/N-ethyl adjacent to an activating group) is 1. The van der Waals surface area contributed by atoms with Gasteiger partial charge in [-0.2, -0.15) is 0 Å². The molecule has 0 amide bonds. The molecular formula is C17H30N4. The zero-order valence-electron chi connectivity index (χ0n) is 14.1. The third-order valence-corrected chi connectivity index (χ3v) is 3.74. The fourth-order valence-electron chi connectivity index (χ4n) is 2.09. The molecule has 0 aromatic heterocycles. The van der Waals surface area contributed by atoms with Crippen LogP contribution in [-0.2, 0) is 0 Å². The van der Waals surface area contributed by atoms with E-state index in [-0.39, 0.29) is 0 Å². The molecule has 0 heterocycles. The highest BCUT2D eigenvalue weighted by Gasteiger charge is 2.06. The van der Waals surface area contributed by atoms with E-state index in [2.05, 4.69) is 72.6 Å². The molecule has 2 N–H and O–H groups in total. The molecule has 0 saturated heterocycles. The van der Waals surface area contributed by atoms with Gasteiger partial charge in [0.15, 0.2) is 5.96 Å². The molecule has 0 fully saturated rings. The first-order valence-electron chi connectivity index (χ1n) is 7.76. The molecule has 4 nitrogen and oxygen atoms in total. The second-order valence-electron chi connectivity index (χ2n) is 5.59. The number of rotatable bonds is 7. The number of hydrogen-bond acceptors (Lipinski definition) is 2. The zero-order valence-corrected chi connectivity index (χ0v) is 14.1. The van der Waals surface area contributed by atoms with Crippen LogP contribution in [0.3, 0.4) is 0 Å². The van der Waals surface area contributed by atoms with Gasteiger partial charge in [-0.3, -0.25) is 4.99 Å². The van der Waals surface area contributed by atoms with Gasteiger partial charge in [0.25, 0.3) is 0 Å². The summed E-state index contributed by atoms with van der Waals surface area (Å²) in [5, 5.41) is 6.75. The minimum Gasteiger partial charge on any atom is -0.356 e. The maximum absolute atomic E-state index is 4.27. The van der Waals surface area contributed by atoms with Crippen LogP contribution in [0.15, 0.2) is 29.3 Å². The van der Waals surface area contributed by atoms with Crippen molar-refractivity contribution >= 4 is 5.96 Å². The van der Waals surface area contributed by atoms with Crippen molar-refractivity contribution in [2.45, 2.75) is 26.7 Å². The molecule has 4 heteroatoms. The van der Waals surface area contributed by atoms with Crippen molar-refractivity contribution < 1.29 is 0 Å². The maximum Gasteiger partial charge on any atom is 0.191 e. The Bertz CT molecular complexity index is 442. The van der Waals surface area contributed by atoms with Crippen molar-refractivity contribution in [1.82, 2.24) is 15.5 Å². The summed E-state index contributed by atoms with van der Waals surface area (Å²) < 4.78 is 0. The first-order valence-corrected chi connectivity index (χ1v) is 7.76. The molecule has 0 aliphatic carbocycles. The highest BCUT2D eigenvalue weighted by molar-refractivity contribution is 5.79. The SMILES string of the molecule is CCN(C)CCNC(=NC)NCC(C)c1cccc(C)c1. The molecule has 1 aromatic carbocycles. The quantitative estimate of drug-likeness (QED) is 0.597. The van der Waals surface area contributed by atoms with Gasteiger partial charge in [-0.25, -0.2) is 0 Å². The van der Waals surface area contributed by atoms with Crippen LogP contribution >= 0.6 is 0 Å². The van der Waals surface area contributed by atoms with Gasteiger partial charge in [0.2, 0.25) is 0 Å². The third kappa shape index (κ3) is 6.63. The average molecular weight is 290 g/mol. The Balaban J connectivity index is 2.38. The minimum absolute atomic E-state index is 0.460. The van der Waals surface area contributed by atoms with Crippen molar-refractivity contribution in [2.75, 3.05) is 40.3 Å². The van der Waals surface area contributed by atoms with E-state index >= 15 is 0 Å². The summed E-state index contributed by atoms with van der Waals surface area (Å²) in [5.41, 5.74) is 2.67. The normalized spacial score (nSPS) is 13.3. The highest BCUT2D eigenvalue weighted by atomic mass is 15.2. The van der Waals surface area contributed by atoms with Gasteiger partial charge in [-0.1, -0.05) is 43.7 Å². The van der Waals surface area contributed by atoms with Crippen LogP contribution in [0, 0.1) is 6.92 Å². The summed E-state index contributed by atoms with van der Waals surface area (Å²) in [5.74, 6) is 1.33. The zero-order chi connectivity index (χ0) is 15.7. The van der Waals surface area contributed by atoms with Gasteiger partial charge in [0.05, 0.1) is 0 Å². The summed E-state index contributed by atoms with van der Waals surface area (Å²) in [7, 11) is 3.94. The molecule has 21 heavy (non-hydrogen) atoms. The molecule has 1 unspecified atom stereocenters. The van der Waals surface area contributed by atoms with Crippen LogP contribution in [0.1, 0.15) is 30.9 Å². The molecule has 0 saturated carbocycles. The van der Waals surface area contributed by atoms with E-state index in [1.165, 1.54) is 11.1 Å². The van der Waals surface area contributed by atoms with Crippen molar-refractivity contribution in [1.29, 1.82) is 0 Å². The van der Waals surface area contributed by atoms with Crippen LogP contribution in [-0.4, -0.2) is 51.1 Å². The van der Waals surface area contributed by atoms with Gasteiger partial charge in [-0.05, 0) is 32.0 Å². The lowest BCUT2D eigenvalue weighted by molar-refractivity contribution is 0.357. The highest BCUT2D eigenvalue weighted by Crippen LogP contribution is 2.15. The van der Waals surface area contributed by atoms with E-state index < -0.39 is 0 Å². The number of guanidine groups is 1. The largest absolute Gasteiger partial charge is 0.356 e. The predicted molar refractivity (Wildman–Crippen MR) is 92.1 cm³/mol. The first kappa shape index (κ1) is 17.5.